The Kier molecular flexibility index (Phi) is 4.52. The SMILES string of the molecule is Cc1ccc(N)cc1SCc1c(Cl)cccc1[N+](=O)[O-]. The number of nitrogens with zero attached hydrogens (tertiary/aromatic N) is 1. The van der Waals surface area contributed by atoms with Gasteiger partial charge in [-0.2, -0.15) is 0 Å². The van der Waals surface area contributed by atoms with Crippen molar-refractivity contribution in [3.63, 3.8) is 0 Å². The van der Waals surface area contributed by atoms with Crippen molar-refractivity contribution in [3.05, 3.63) is 62.7 Å². The molecule has 0 unspecified atom stereocenters. The van der Waals surface area contributed by atoms with Crippen LogP contribution in [0.1, 0.15) is 11.1 Å². The second kappa shape index (κ2) is 6.15. The van der Waals surface area contributed by atoms with E-state index >= 15 is 0 Å². The summed E-state index contributed by atoms with van der Waals surface area (Å²) in [4.78, 5) is 11.6. The summed E-state index contributed by atoms with van der Waals surface area (Å²) in [5.41, 5.74) is 8.09. The molecule has 0 aliphatic carbocycles. The van der Waals surface area contributed by atoms with E-state index in [0.29, 0.717) is 22.0 Å². The molecule has 0 heterocycles. The number of hydrogen-bond donors (Lipinski definition) is 1. The molecule has 0 bridgehead atoms. The predicted octanol–water partition coefficient (Wildman–Crippen LogP) is 4.43. The molecule has 0 aliphatic rings. The summed E-state index contributed by atoms with van der Waals surface area (Å²) < 4.78 is 0. The van der Waals surface area contributed by atoms with E-state index < -0.39 is 4.92 Å². The predicted molar refractivity (Wildman–Crippen MR) is 83.3 cm³/mol. The average Bonchev–Trinajstić information content (AvgIpc) is 2.40. The van der Waals surface area contributed by atoms with Crippen molar-refractivity contribution in [1.82, 2.24) is 0 Å². The van der Waals surface area contributed by atoms with Gasteiger partial charge in [0.15, 0.2) is 0 Å². The van der Waals surface area contributed by atoms with Crippen LogP contribution in [-0.2, 0) is 5.75 Å². The lowest BCUT2D eigenvalue weighted by atomic mass is 10.2. The van der Waals surface area contributed by atoms with Crippen LogP contribution in [-0.4, -0.2) is 4.92 Å². The molecule has 104 valence electrons. The zero-order valence-electron chi connectivity index (χ0n) is 10.8. The Labute approximate surface area is 126 Å². The van der Waals surface area contributed by atoms with Crippen LogP contribution in [0.3, 0.4) is 0 Å². The number of halogens is 1. The third-order valence-electron chi connectivity index (χ3n) is 2.88. The summed E-state index contributed by atoms with van der Waals surface area (Å²) in [5.74, 6) is 0.431. The molecule has 0 radical (unpaired) electrons. The Hall–Kier alpha value is -1.72. The lowest BCUT2D eigenvalue weighted by Gasteiger charge is -2.08. The first-order valence-corrected chi connectivity index (χ1v) is 7.26. The fraction of sp³-hybridized carbons (Fsp3) is 0.143. The smallest absolute Gasteiger partial charge is 0.274 e. The standard InChI is InChI=1S/C14H13ClN2O2S/c1-9-5-6-10(16)7-14(9)20-8-11-12(15)3-2-4-13(11)17(18)19/h2-7H,8,16H2,1H3. The number of thioether (sulfide) groups is 1. The summed E-state index contributed by atoms with van der Waals surface area (Å²) in [5, 5.41) is 11.4. The minimum absolute atomic E-state index is 0.0477. The maximum atomic E-state index is 11.0. The van der Waals surface area contributed by atoms with Gasteiger partial charge in [0.1, 0.15) is 0 Å². The maximum absolute atomic E-state index is 11.0. The highest BCUT2D eigenvalue weighted by Crippen LogP contribution is 2.34. The molecule has 20 heavy (non-hydrogen) atoms. The van der Waals surface area contributed by atoms with Crippen molar-refractivity contribution in [2.75, 3.05) is 5.73 Å². The van der Waals surface area contributed by atoms with E-state index in [4.69, 9.17) is 17.3 Å². The van der Waals surface area contributed by atoms with Gasteiger partial charge >= 0.3 is 0 Å². The van der Waals surface area contributed by atoms with E-state index in [0.717, 1.165) is 10.5 Å². The zero-order chi connectivity index (χ0) is 14.7. The Morgan fingerprint density at radius 2 is 2.10 bits per heavy atom. The number of nitrogens with two attached hydrogens (primary N) is 1. The molecule has 0 saturated heterocycles. The molecule has 6 heteroatoms. The quantitative estimate of drug-likeness (QED) is 0.392. The van der Waals surface area contributed by atoms with Crippen LogP contribution in [0.4, 0.5) is 11.4 Å². The molecular weight excluding hydrogens is 296 g/mol. The third kappa shape index (κ3) is 3.23. The molecule has 0 atom stereocenters. The topological polar surface area (TPSA) is 69.2 Å². The van der Waals surface area contributed by atoms with Crippen LogP contribution in [0.15, 0.2) is 41.3 Å². The Morgan fingerprint density at radius 3 is 2.80 bits per heavy atom. The maximum Gasteiger partial charge on any atom is 0.274 e. The van der Waals surface area contributed by atoms with Gasteiger partial charge in [0, 0.05) is 22.4 Å². The normalized spacial score (nSPS) is 10.5. The van der Waals surface area contributed by atoms with Crippen molar-refractivity contribution in [1.29, 1.82) is 0 Å². The van der Waals surface area contributed by atoms with E-state index in [1.165, 1.54) is 17.8 Å². The van der Waals surface area contributed by atoms with Gasteiger partial charge in [0.25, 0.3) is 5.69 Å². The molecule has 2 aromatic rings. The van der Waals surface area contributed by atoms with Gasteiger partial charge in [-0.1, -0.05) is 23.7 Å². The molecule has 0 spiro atoms. The Balaban J connectivity index is 2.27. The third-order valence-corrected chi connectivity index (χ3v) is 4.41. The van der Waals surface area contributed by atoms with E-state index in [1.807, 2.05) is 25.1 Å². The van der Waals surface area contributed by atoms with Crippen molar-refractivity contribution in [2.45, 2.75) is 17.6 Å². The van der Waals surface area contributed by atoms with Crippen LogP contribution in [0.25, 0.3) is 0 Å². The van der Waals surface area contributed by atoms with Crippen LogP contribution in [0.2, 0.25) is 5.02 Å². The van der Waals surface area contributed by atoms with Crippen molar-refractivity contribution < 1.29 is 4.92 Å². The summed E-state index contributed by atoms with van der Waals surface area (Å²) in [6.45, 7) is 1.97. The lowest BCUT2D eigenvalue weighted by Crippen LogP contribution is -1.95. The first kappa shape index (κ1) is 14.7. The van der Waals surface area contributed by atoms with Gasteiger partial charge in [-0.3, -0.25) is 10.1 Å². The molecule has 2 N–H and O–H groups in total. The number of benzene rings is 2. The van der Waals surface area contributed by atoms with E-state index in [2.05, 4.69) is 0 Å². The highest BCUT2D eigenvalue weighted by molar-refractivity contribution is 7.98. The number of anilines is 1. The van der Waals surface area contributed by atoms with Crippen LogP contribution < -0.4 is 5.73 Å². The Morgan fingerprint density at radius 1 is 1.35 bits per heavy atom. The number of aryl methyl sites for hydroxylation is 1. The lowest BCUT2D eigenvalue weighted by molar-refractivity contribution is -0.385. The molecule has 0 amide bonds. The van der Waals surface area contributed by atoms with Crippen LogP contribution in [0, 0.1) is 17.0 Å². The van der Waals surface area contributed by atoms with Crippen molar-refractivity contribution in [2.24, 2.45) is 0 Å². The molecular formula is C14H13ClN2O2S. The van der Waals surface area contributed by atoms with Gasteiger partial charge < -0.3 is 5.73 Å². The van der Waals surface area contributed by atoms with E-state index in [9.17, 15) is 10.1 Å². The monoisotopic (exact) mass is 308 g/mol. The molecule has 0 saturated carbocycles. The fourth-order valence-electron chi connectivity index (χ4n) is 1.78. The highest BCUT2D eigenvalue weighted by atomic mass is 35.5. The minimum Gasteiger partial charge on any atom is -0.399 e. The van der Waals surface area contributed by atoms with Gasteiger partial charge in [-0.25, -0.2) is 0 Å². The first-order chi connectivity index (χ1) is 9.49. The molecule has 0 aliphatic heterocycles. The number of nitro benzene ring substituents is 1. The first-order valence-electron chi connectivity index (χ1n) is 5.89. The van der Waals surface area contributed by atoms with Crippen molar-refractivity contribution >= 4 is 34.7 Å². The van der Waals surface area contributed by atoms with Gasteiger partial charge in [0.05, 0.1) is 15.5 Å². The van der Waals surface area contributed by atoms with Gasteiger partial charge in [0.2, 0.25) is 0 Å². The summed E-state index contributed by atoms with van der Waals surface area (Å²) in [7, 11) is 0. The number of hydrogen-bond acceptors (Lipinski definition) is 4. The molecule has 2 rings (SSSR count). The van der Waals surface area contributed by atoms with Crippen LogP contribution in [0.5, 0.6) is 0 Å². The van der Waals surface area contributed by atoms with Crippen LogP contribution >= 0.6 is 23.4 Å². The van der Waals surface area contributed by atoms with Gasteiger partial charge in [-0.05, 0) is 30.7 Å². The average molecular weight is 309 g/mol. The van der Waals surface area contributed by atoms with Crippen molar-refractivity contribution in [3.8, 4) is 0 Å². The molecule has 0 fully saturated rings. The second-order valence-electron chi connectivity index (χ2n) is 4.31. The molecule has 4 nitrogen and oxygen atoms in total. The number of nitro groups is 1. The number of rotatable bonds is 4. The summed E-state index contributed by atoms with van der Waals surface area (Å²) >= 11 is 7.56. The molecule has 0 aromatic heterocycles. The minimum atomic E-state index is -0.409. The van der Waals surface area contributed by atoms with Gasteiger partial charge in [-0.15, -0.1) is 11.8 Å². The largest absolute Gasteiger partial charge is 0.399 e. The highest BCUT2D eigenvalue weighted by Gasteiger charge is 2.16. The molecule has 2 aromatic carbocycles. The summed E-state index contributed by atoms with van der Waals surface area (Å²) in [6.07, 6.45) is 0. The fourth-order valence-corrected chi connectivity index (χ4v) is 3.22. The second-order valence-corrected chi connectivity index (χ2v) is 5.73. The summed E-state index contributed by atoms with van der Waals surface area (Å²) in [6, 6.07) is 10.3. The number of nitrogen functional groups attached to an aromatic ring is 1. The van der Waals surface area contributed by atoms with E-state index in [-0.39, 0.29) is 5.69 Å². The van der Waals surface area contributed by atoms with E-state index in [1.54, 1.807) is 12.1 Å². The zero-order valence-corrected chi connectivity index (χ0v) is 12.4. The Bertz CT molecular complexity index is 662.